The average molecular weight is 620 g/mol. The van der Waals surface area contributed by atoms with E-state index >= 15 is 0 Å². The van der Waals surface area contributed by atoms with E-state index in [-0.39, 0.29) is 18.1 Å². The van der Waals surface area contributed by atoms with Gasteiger partial charge in [-0.1, -0.05) is 12.1 Å². The van der Waals surface area contributed by atoms with E-state index < -0.39 is 47.8 Å². The summed E-state index contributed by atoms with van der Waals surface area (Å²) in [7, 11) is 1.58. The minimum atomic E-state index is -0.997. The molecule has 1 saturated carbocycles. The Hall–Kier alpha value is -3.25. The molecule has 3 atom stereocenters. The molecule has 44 heavy (non-hydrogen) atoms. The fourth-order valence-electron chi connectivity index (χ4n) is 6.25. The van der Waals surface area contributed by atoms with Gasteiger partial charge in [-0.3, -0.25) is 4.90 Å². The molecule has 2 saturated heterocycles. The van der Waals surface area contributed by atoms with Crippen LogP contribution in [-0.4, -0.2) is 109 Å². The third kappa shape index (κ3) is 9.13. The van der Waals surface area contributed by atoms with Crippen molar-refractivity contribution in [1.29, 1.82) is 0 Å². The summed E-state index contributed by atoms with van der Waals surface area (Å²) in [5.74, 6) is 0.680. The van der Waals surface area contributed by atoms with Gasteiger partial charge in [0.05, 0.1) is 25.8 Å². The van der Waals surface area contributed by atoms with E-state index in [0.29, 0.717) is 25.3 Å². The van der Waals surface area contributed by atoms with Gasteiger partial charge < -0.3 is 39.0 Å². The third-order valence-corrected chi connectivity index (χ3v) is 8.19. The topological polar surface area (TPSA) is 136 Å². The van der Waals surface area contributed by atoms with Gasteiger partial charge in [0.25, 0.3) is 0 Å². The van der Waals surface area contributed by atoms with Crippen molar-refractivity contribution in [3.05, 3.63) is 29.8 Å². The molecule has 246 valence electrons. The fraction of sp³-hybridized carbons (Fsp3) is 0.719. The van der Waals surface area contributed by atoms with E-state index in [0.717, 1.165) is 37.9 Å². The maximum atomic E-state index is 13.4. The third-order valence-electron chi connectivity index (χ3n) is 8.19. The van der Waals surface area contributed by atoms with Gasteiger partial charge in [-0.05, 0) is 96.9 Å². The van der Waals surface area contributed by atoms with Crippen molar-refractivity contribution in [1.82, 2.24) is 15.1 Å². The van der Waals surface area contributed by atoms with Gasteiger partial charge in [0.1, 0.15) is 17.0 Å². The number of nitrogens with one attached hydrogen (secondary N) is 1. The maximum absolute atomic E-state index is 13.4. The number of amides is 2. The van der Waals surface area contributed by atoms with Crippen LogP contribution in [-0.2, 0) is 25.4 Å². The number of benzene rings is 1. The second-order valence-electron chi connectivity index (χ2n) is 14.3. The first-order chi connectivity index (χ1) is 20.5. The summed E-state index contributed by atoms with van der Waals surface area (Å²) in [5.41, 5.74) is -0.510. The number of likely N-dealkylation sites (tertiary alicyclic amines) is 2. The molecule has 3 fully saturated rings. The minimum absolute atomic E-state index is 0.0470. The molecular weight excluding hydrogens is 570 g/mol. The van der Waals surface area contributed by atoms with E-state index in [9.17, 15) is 19.5 Å². The number of carbonyl (C=O) groups excluding carboxylic acids is 3. The molecule has 1 aliphatic carbocycles. The molecule has 0 radical (unpaired) electrons. The number of aliphatic hydroxyl groups excluding tert-OH is 1. The Morgan fingerprint density at radius 1 is 1.00 bits per heavy atom. The fourth-order valence-corrected chi connectivity index (χ4v) is 6.25. The molecule has 2 amide bonds. The Bertz CT molecular complexity index is 1150. The predicted octanol–water partition coefficient (Wildman–Crippen LogP) is 4.12. The lowest BCUT2D eigenvalue weighted by atomic mass is 9.66. The molecule has 12 nitrogen and oxygen atoms in total. The molecule has 12 heteroatoms. The second kappa shape index (κ2) is 13.4. The number of methoxy groups -OCH3 is 1. The van der Waals surface area contributed by atoms with Crippen LogP contribution >= 0.6 is 0 Å². The maximum Gasteiger partial charge on any atom is 0.509 e. The SMILES string of the molecule is COc1ccc(C[C@@H]2[C@H](OC(=O)NCCN3CCC4(CC(O)C4)C3)[C@@H](OC(=O)OC(C)(C)C)CN2C(=O)OC(C)(C)C)cc1. The standard InChI is InChI=1S/C32H49N3O9/c1-30(2,3)43-28(38)35-19-25(41-29(39)44-31(4,5)6)26(24(35)16-21-8-10-23(40-7)11-9-21)42-27(37)33-13-15-34-14-12-32(20-34)17-22(36)18-32/h8-11,22,24-26,36H,12-20H2,1-7H3,(H,33,37)/t22?,24-,25+,26+,32?/m1/s1. The van der Waals surface area contributed by atoms with Crippen LogP contribution < -0.4 is 10.1 Å². The highest BCUT2D eigenvalue weighted by molar-refractivity contribution is 5.71. The zero-order chi connectivity index (χ0) is 32.3. The largest absolute Gasteiger partial charge is 0.509 e. The first-order valence-corrected chi connectivity index (χ1v) is 15.4. The molecule has 0 aromatic heterocycles. The summed E-state index contributed by atoms with van der Waals surface area (Å²) >= 11 is 0. The van der Waals surface area contributed by atoms with Gasteiger partial charge >= 0.3 is 18.3 Å². The Labute approximate surface area is 260 Å². The van der Waals surface area contributed by atoms with Gasteiger partial charge in [0.2, 0.25) is 0 Å². The predicted molar refractivity (Wildman–Crippen MR) is 162 cm³/mol. The first-order valence-electron chi connectivity index (χ1n) is 15.4. The highest BCUT2D eigenvalue weighted by atomic mass is 16.7. The monoisotopic (exact) mass is 619 g/mol. The van der Waals surface area contributed by atoms with Crippen molar-refractivity contribution in [3.63, 3.8) is 0 Å². The van der Waals surface area contributed by atoms with Crippen LogP contribution in [0.4, 0.5) is 14.4 Å². The highest BCUT2D eigenvalue weighted by Crippen LogP contribution is 2.48. The molecule has 1 aromatic rings. The Kier molecular flexibility index (Phi) is 10.2. The van der Waals surface area contributed by atoms with E-state index in [1.165, 1.54) is 4.90 Å². The van der Waals surface area contributed by atoms with Crippen LogP contribution in [0.1, 0.15) is 66.4 Å². The van der Waals surface area contributed by atoms with Crippen molar-refractivity contribution in [2.24, 2.45) is 5.41 Å². The van der Waals surface area contributed by atoms with Gasteiger partial charge in [-0.2, -0.15) is 0 Å². The Balaban J connectivity index is 1.48. The van der Waals surface area contributed by atoms with Crippen molar-refractivity contribution in [2.75, 3.05) is 39.8 Å². The van der Waals surface area contributed by atoms with Crippen LogP contribution in [0.15, 0.2) is 24.3 Å². The van der Waals surface area contributed by atoms with Crippen molar-refractivity contribution in [3.8, 4) is 5.75 Å². The smallest absolute Gasteiger partial charge is 0.497 e. The summed E-state index contributed by atoms with van der Waals surface area (Å²) in [4.78, 5) is 43.0. The Morgan fingerprint density at radius 2 is 1.66 bits per heavy atom. The lowest BCUT2D eigenvalue weighted by Crippen LogP contribution is -2.47. The number of carbonyl (C=O) groups is 3. The number of nitrogens with zero attached hydrogens (tertiary/aromatic N) is 2. The molecule has 1 aromatic carbocycles. The molecule has 2 aliphatic heterocycles. The normalized spacial score (nSPS) is 27.0. The molecule has 4 rings (SSSR count). The lowest BCUT2D eigenvalue weighted by Gasteiger charge is -2.42. The van der Waals surface area contributed by atoms with Gasteiger partial charge in [0, 0.05) is 19.6 Å². The molecule has 0 unspecified atom stereocenters. The Morgan fingerprint density at radius 3 is 2.25 bits per heavy atom. The zero-order valence-electron chi connectivity index (χ0n) is 27.1. The van der Waals surface area contributed by atoms with Crippen molar-refractivity contribution < 1.29 is 43.2 Å². The molecular formula is C32H49N3O9. The number of hydrogen-bond acceptors (Lipinski definition) is 10. The quantitative estimate of drug-likeness (QED) is 0.323. The summed E-state index contributed by atoms with van der Waals surface area (Å²) in [6.07, 6.45) is -1.36. The summed E-state index contributed by atoms with van der Waals surface area (Å²) in [6, 6.07) is 6.67. The number of alkyl carbamates (subject to hydrolysis) is 1. The second-order valence-corrected chi connectivity index (χ2v) is 14.3. The minimum Gasteiger partial charge on any atom is -0.497 e. The molecule has 2 N–H and O–H groups in total. The number of rotatable bonds is 8. The van der Waals surface area contributed by atoms with E-state index in [4.69, 9.17) is 23.7 Å². The van der Waals surface area contributed by atoms with Crippen LogP contribution in [0.25, 0.3) is 0 Å². The first kappa shape index (κ1) is 33.6. The van der Waals surface area contributed by atoms with Crippen LogP contribution in [0.3, 0.4) is 0 Å². The van der Waals surface area contributed by atoms with Crippen LogP contribution in [0.2, 0.25) is 0 Å². The summed E-state index contributed by atoms with van der Waals surface area (Å²) in [6.45, 7) is 13.3. The average Bonchev–Trinajstić information content (AvgIpc) is 3.44. The number of aliphatic hydroxyl groups is 1. The lowest BCUT2D eigenvalue weighted by molar-refractivity contribution is -0.0518. The van der Waals surface area contributed by atoms with E-state index in [2.05, 4.69) is 10.2 Å². The summed E-state index contributed by atoms with van der Waals surface area (Å²) in [5, 5.41) is 12.6. The molecule has 0 bridgehead atoms. The number of hydrogen-bond donors (Lipinski definition) is 2. The van der Waals surface area contributed by atoms with Crippen LogP contribution in [0, 0.1) is 5.41 Å². The molecule has 3 aliphatic rings. The number of ether oxygens (including phenoxy) is 5. The van der Waals surface area contributed by atoms with Crippen molar-refractivity contribution in [2.45, 2.75) is 103 Å². The van der Waals surface area contributed by atoms with E-state index in [1.54, 1.807) is 48.7 Å². The van der Waals surface area contributed by atoms with E-state index in [1.807, 2.05) is 24.3 Å². The van der Waals surface area contributed by atoms with Crippen molar-refractivity contribution >= 4 is 18.3 Å². The summed E-state index contributed by atoms with van der Waals surface area (Å²) < 4.78 is 28.0. The van der Waals surface area contributed by atoms with Gasteiger partial charge in [-0.25, -0.2) is 14.4 Å². The van der Waals surface area contributed by atoms with Gasteiger partial charge in [-0.15, -0.1) is 0 Å². The molecule has 1 spiro atoms. The van der Waals surface area contributed by atoms with Crippen LogP contribution in [0.5, 0.6) is 5.75 Å². The van der Waals surface area contributed by atoms with Gasteiger partial charge in [0.15, 0.2) is 12.2 Å². The highest BCUT2D eigenvalue weighted by Gasteiger charge is 2.50. The molecule has 2 heterocycles. The zero-order valence-corrected chi connectivity index (χ0v) is 27.1.